The highest BCUT2D eigenvalue weighted by molar-refractivity contribution is 6.02. The summed E-state index contributed by atoms with van der Waals surface area (Å²) in [6.45, 7) is 5.69. The number of hydrogen-bond acceptors (Lipinski definition) is 10. The highest BCUT2D eigenvalue weighted by Crippen LogP contribution is 2.39. The molecule has 1 saturated heterocycles. The predicted octanol–water partition coefficient (Wildman–Crippen LogP) is 5.34. The molecular formula is C36H39N7O4. The van der Waals surface area contributed by atoms with Gasteiger partial charge in [0.25, 0.3) is 0 Å². The van der Waals surface area contributed by atoms with E-state index >= 15 is 0 Å². The molecule has 1 aliphatic heterocycles. The number of anilines is 5. The molecule has 11 nitrogen and oxygen atoms in total. The van der Waals surface area contributed by atoms with Crippen LogP contribution in [0.15, 0.2) is 85.7 Å². The van der Waals surface area contributed by atoms with Gasteiger partial charge in [0.2, 0.25) is 5.91 Å². The van der Waals surface area contributed by atoms with Gasteiger partial charge in [0, 0.05) is 49.8 Å². The van der Waals surface area contributed by atoms with E-state index in [2.05, 4.69) is 48.8 Å². The first kappa shape index (κ1) is 32.8. The normalized spacial score (nSPS) is 13.9. The molecule has 1 atom stereocenters. The number of benzene rings is 3. The van der Waals surface area contributed by atoms with Crippen LogP contribution in [0.25, 0.3) is 0 Å². The molecule has 1 amide bonds. The van der Waals surface area contributed by atoms with Crippen LogP contribution in [0.4, 0.5) is 28.7 Å². The van der Waals surface area contributed by atoms with Crippen LogP contribution < -0.4 is 25.3 Å². The van der Waals surface area contributed by atoms with E-state index in [1.165, 1.54) is 12.4 Å². The smallest absolute Gasteiger partial charge is 0.247 e. The Labute approximate surface area is 275 Å². The topological polar surface area (TPSA) is 115 Å². The highest BCUT2D eigenvalue weighted by atomic mass is 16.7. The van der Waals surface area contributed by atoms with E-state index in [1.807, 2.05) is 69.7 Å². The van der Waals surface area contributed by atoms with Crippen LogP contribution in [0, 0.1) is 11.8 Å². The number of aromatic nitrogens is 2. The van der Waals surface area contributed by atoms with Crippen LogP contribution in [0.2, 0.25) is 0 Å². The standard InChI is InChI=1S/C36H39N7O4/c1-6-36(45)40-29-21-30(33(46-5)22-32(29)42(4)17-16-41(2)3)39-34-23-35(38-24-37-34)43-31(15-18-47-43)27-11-7-9-25(19-27)13-14-26-10-8-12-28(44)20-26/h6-12,19-24,31,44H,1,15-18H2,2-5H3,(H,40,45)(H,37,38,39). The summed E-state index contributed by atoms with van der Waals surface area (Å²) >= 11 is 0. The maximum atomic E-state index is 12.4. The molecule has 5 rings (SSSR count). The number of likely N-dealkylation sites (N-methyl/N-ethyl adjacent to an activating group) is 2. The third-order valence-corrected chi connectivity index (χ3v) is 7.57. The Bertz CT molecular complexity index is 1800. The number of phenolic OH excluding ortho intramolecular Hbond substituents is 1. The van der Waals surface area contributed by atoms with Crippen LogP contribution in [0.1, 0.15) is 29.2 Å². The summed E-state index contributed by atoms with van der Waals surface area (Å²) in [4.78, 5) is 31.5. The Balaban J connectivity index is 1.39. The zero-order valence-electron chi connectivity index (χ0n) is 27.0. The summed E-state index contributed by atoms with van der Waals surface area (Å²) in [6.07, 6.45) is 3.48. The Hall–Kier alpha value is -5.57. The summed E-state index contributed by atoms with van der Waals surface area (Å²) in [6, 6.07) is 20.3. The van der Waals surface area contributed by atoms with Crippen molar-refractivity contribution in [2.45, 2.75) is 12.5 Å². The summed E-state index contributed by atoms with van der Waals surface area (Å²) in [5, 5.41) is 17.8. The summed E-state index contributed by atoms with van der Waals surface area (Å²) in [5.74, 6) is 7.84. The molecule has 0 saturated carbocycles. The lowest BCUT2D eigenvalue weighted by atomic mass is 10.0. The quantitative estimate of drug-likeness (QED) is 0.148. The van der Waals surface area contributed by atoms with Gasteiger partial charge in [-0.1, -0.05) is 36.6 Å². The molecule has 2 heterocycles. The van der Waals surface area contributed by atoms with Crippen molar-refractivity contribution in [3.05, 3.63) is 102 Å². The van der Waals surface area contributed by atoms with Gasteiger partial charge in [-0.15, -0.1) is 0 Å². The van der Waals surface area contributed by atoms with E-state index < -0.39 is 0 Å². The second-order valence-electron chi connectivity index (χ2n) is 11.3. The number of carbonyl (C=O) groups excluding carboxylic acids is 1. The molecule has 1 aromatic heterocycles. The largest absolute Gasteiger partial charge is 0.508 e. The van der Waals surface area contributed by atoms with Gasteiger partial charge in [0.15, 0.2) is 5.82 Å². The molecule has 0 radical (unpaired) electrons. The third kappa shape index (κ3) is 8.38. The average molecular weight is 634 g/mol. The number of aromatic hydroxyl groups is 1. The van der Waals surface area contributed by atoms with E-state index in [1.54, 1.807) is 30.4 Å². The molecule has 0 spiro atoms. The van der Waals surface area contributed by atoms with Crippen LogP contribution in [0.3, 0.4) is 0 Å². The lowest BCUT2D eigenvalue weighted by Crippen LogP contribution is -2.29. The molecule has 4 aromatic rings. The number of amides is 1. The lowest BCUT2D eigenvalue weighted by molar-refractivity contribution is -0.111. The van der Waals surface area contributed by atoms with Gasteiger partial charge in [-0.05, 0) is 62.1 Å². The Kier molecular flexibility index (Phi) is 10.6. The Morgan fingerprint density at radius 1 is 1.06 bits per heavy atom. The Morgan fingerprint density at radius 2 is 1.83 bits per heavy atom. The van der Waals surface area contributed by atoms with Crippen molar-refractivity contribution in [2.24, 2.45) is 0 Å². The minimum atomic E-state index is -0.320. The molecule has 3 aromatic carbocycles. The van der Waals surface area contributed by atoms with Crippen LogP contribution >= 0.6 is 0 Å². The number of ether oxygens (including phenoxy) is 1. The van der Waals surface area contributed by atoms with Gasteiger partial charge in [0.05, 0.1) is 36.8 Å². The third-order valence-electron chi connectivity index (χ3n) is 7.57. The van der Waals surface area contributed by atoms with Crippen molar-refractivity contribution in [3.63, 3.8) is 0 Å². The minimum Gasteiger partial charge on any atom is -0.508 e. The van der Waals surface area contributed by atoms with Crippen molar-refractivity contribution < 1.29 is 19.5 Å². The van der Waals surface area contributed by atoms with E-state index in [0.29, 0.717) is 35.4 Å². The maximum absolute atomic E-state index is 12.4. The van der Waals surface area contributed by atoms with E-state index in [4.69, 9.17) is 9.57 Å². The summed E-state index contributed by atoms with van der Waals surface area (Å²) < 4.78 is 5.76. The minimum absolute atomic E-state index is 0.0903. The molecule has 1 unspecified atom stereocenters. The molecule has 1 aliphatic rings. The van der Waals surface area contributed by atoms with Crippen molar-refractivity contribution in [2.75, 3.05) is 68.5 Å². The van der Waals surface area contributed by atoms with E-state index in [-0.39, 0.29) is 17.7 Å². The number of hydroxylamine groups is 1. The fourth-order valence-electron chi connectivity index (χ4n) is 5.13. The first-order chi connectivity index (χ1) is 22.7. The maximum Gasteiger partial charge on any atom is 0.247 e. The zero-order valence-corrected chi connectivity index (χ0v) is 27.0. The molecule has 11 heteroatoms. The number of methoxy groups -OCH3 is 1. The average Bonchev–Trinajstić information content (AvgIpc) is 3.57. The van der Waals surface area contributed by atoms with Gasteiger partial charge in [-0.3, -0.25) is 9.63 Å². The van der Waals surface area contributed by atoms with Crippen molar-refractivity contribution in [1.29, 1.82) is 0 Å². The van der Waals surface area contributed by atoms with Gasteiger partial charge in [-0.2, -0.15) is 0 Å². The number of hydrogen-bond donors (Lipinski definition) is 3. The number of carbonyl (C=O) groups is 1. The summed E-state index contributed by atoms with van der Waals surface area (Å²) in [7, 11) is 7.59. The second-order valence-corrected chi connectivity index (χ2v) is 11.3. The molecule has 0 bridgehead atoms. The van der Waals surface area contributed by atoms with Gasteiger partial charge >= 0.3 is 0 Å². The van der Waals surface area contributed by atoms with E-state index in [9.17, 15) is 9.90 Å². The molecule has 47 heavy (non-hydrogen) atoms. The Morgan fingerprint density at radius 3 is 2.55 bits per heavy atom. The first-order valence-corrected chi connectivity index (χ1v) is 15.2. The molecule has 242 valence electrons. The number of nitrogens with one attached hydrogen (secondary N) is 2. The van der Waals surface area contributed by atoms with Crippen molar-refractivity contribution in [3.8, 4) is 23.3 Å². The van der Waals surface area contributed by atoms with Crippen LogP contribution in [-0.4, -0.2) is 73.8 Å². The highest BCUT2D eigenvalue weighted by Gasteiger charge is 2.29. The molecule has 3 N–H and O–H groups in total. The van der Waals surface area contributed by atoms with Gasteiger partial charge in [-0.25, -0.2) is 15.0 Å². The number of phenols is 1. The SMILES string of the molecule is C=CC(=O)Nc1cc(Nc2cc(N3OCCC3c3cccc(C#Cc4cccc(O)c4)c3)ncn2)c(OC)cc1N(C)CCN(C)C. The molecule has 1 fully saturated rings. The van der Waals surface area contributed by atoms with Crippen LogP contribution in [0.5, 0.6) is 11.5 Å². The fraction of sp³-hybridized carbons (Fsp3) is 0.250. The van der Waals surface area contributed by atoms with Gasteiger partial charge < -0.3 is 30.3 Å². The van der Waals surface area contributed by atoms with E-state index in [0.717, 1.165) is 41.9 Å². The zero-order chi connectivity index (χ0) is 33.3. The van der Waals surface area contributed by atoms with Gasteiger partial charge in [0.1, 0.15) is 23.6 Å². The fourth-order valence-corrected chi connectivity index (χ4v) is 5.13. The van der Waals surface area contributed by atoms with Crippen LogP contribution in [-0.2, 0) is 9.63 Å². The van der Waals surface area contributed by atoms with Crippen molar-refractivity contribution >= 4 is 34.6 Å². The molecular weight excluding hydrogens is 594 g/mol. The number of nitrogens with zero attached hydrogens (tertiary/aromatic N) is 5. The second kappa shape index (κ2) is 15.1. The lowest BCUT2D eigenvalue weighted by Gasteiger charge is -2.26. The number of rotatable bonds is 11. The summed E-state index contributed by atoms with van der Waals surface area (Å²) in [5.41, 5.74) is 4.64. The predicted molar refractivity (Wildman–Crippen MR) is 185 cm³/mol. The van der Waals surface area contributed by atoms with Crippen molar-refractivity contribution in [1.82, 2.24) is 14.9 Å². The first-order valence-electron chi connectivity index (χ1n) is 15.2. The monoisotopic (exact) mass is 633 g/mol. The molecule has 0 aliphatic carbocycles.